The molecule has 0 radical (unpaired) electrons. The molecule has 22 heavy (non-hydrogen) atoms. The first-order valence-corrected chi connectivity index (χ1v) is 7.50. The van der Waals surface area contributed by atoms with Gasteiger partial charge in [0.15, 0.2) is 0 Å². The minimum atomic E-state index is -0.795. The van der Waals surface area contributed by atoms with Crippen molar-refractivity contribution in [1.82, 2.24) is 10.6 Å². The number of amides is 2. The first-order valence-electron chi connectivity index (χ1n) is 7.50. The molecule has 0 atom stereocenters. The molecule has 0 unspecified atom stereocenters. The Morgan fingerprint density at radius 2 is 1.82 bits per heavy atom. The summed E-state index contributed by atoms with van der Waals surface area (Å²) in [5.41, 5.74) is 6.19. The monoisotopic (exact) mass is 305 g/mol. The van der Waals surface area contributed by atoms with Gasteiger partial charge in [-0.15, -0.1) is 0 Å². The maximum Gasteiger partial charge on any atom is 0.240 e. The number of nitrogens with two attached hydrogens (primary N) is 1. The molecule has 0 aromatic heterocycles. The highest BCUT2D eigenvalue weighted by atomic mass is 16.5. The maximum atomic E-state index is 12.0. The van der Waals surface area contributed by atoms with Crippen LogP contribution in [0.5, 0.6) is 5.75 Å². The Morgan fingerprint density at radius 1 is 1.18 bits per heavy atom. The first kappa shape index (κ1) is 16.3. The van der Waals surface area contributed by atoms with Gasteiger partial charge < -0.3 is 21.1 Å². The molecule has 2 rings (SSSR count). The minimum absolute atomic E-state index is 0.0477. The van der Waals surface area contributed by atoms with Crippen LogP contribution in [0.2, 0.25) is 0 Å². The number of carbonyl (C=O) groups excluding carboxylic acids is 2. The summed E-state index contributed by atoms with van der Waals surface area (Å²) < 4.78 is 5.07. The molecule has 6 nitrogen and oxygen atoms in total. The first-order chi connectivity index (χ1) is 10.5. The van der Waals surface area contributed by atoms with Crippen LogP contribution in [-0.2, 0) is 16.1 Å². The average Bonchev–Trinajstić information content (AvgIpc) is 2.99. The van der Waals surface area contributed by atoms with Gasteiger partial charge in [-0.05, 0) is 30.5 Å². The second kappa shape index (κ2) is 7.26. The molecule has 1 fully saturated rings. The highest BCUT2D eigenvalue weighted by Gasteiger charge is 2.36. The Bertz CT molecular complexity index is 522. The molecule has 0 heterocycles. The summed E-state index contributed by atoms with van der Waals surface area (Å²) in [6.45, 7) is 0.362. The summed E-state index contributed by atoms with van der Waals surface area (Å²) in [5.74, 6) is 0.308. The van der Waals surface area contributed by atoms with E-state index < -0.39 is 5.54 Å². The number of nitrogens with one attached hydrogen (secondary N) is 2. The van der Waals surface area contributed by atoms with Gasteiger partial charge in [0.2, 0.25) is 11.8 Å². The van der Waals surface area contributed by atoms with E-state index in [0.717, 1.165) is 24.2 Å². The van der Waals surface area contributed by atoms with Gasteiger partial charge in [0, 0.05) is 6.54 Å². The van der Waals surface area contributed by atoms with E-state index in [1.165, 1.54) is 0 Å². The van der Waals surface area contributed by atoms with Crippen molar-refractivity contribution in [1.29, 1.82) is 0 Å². The van der Waals surface area contributed by atoms with Crippen LogP contribution >= 0.6 is 0 Å². The summed E-state index contributed by atoms with van der Waals surface area (Å²) >= 11 is 0. The second-order valence-corrected chi connectivity index (χ2v) is 5.67. The predicted octanol–water partition coefficient (Wildman–Crippen LogP) is 0.699. The molecular formula is C16H23N3O3. The third-order valence-electron chi connectivity index (χ3n) is 4.01. The van der Waals surface area contributed by atoms with Crippen LogP contribution < -0.4 is 21.1 Å². The van der Waals surface area contributed by atoms with Crippen molar-refractivity contribution in [2.75, 3.05) is 13.7 Å². The summed E-state index contributed by atoms with van der Waals surface area (Å²) in [7, 11) is 1.61. The lowest BCUT2D eigenvalue weighted by atomic mass is 9.98. The number of rotatable bonds is 6. The van der Waals surface area contributed by atoms with E-state index in [0.29, 0.717) is 19.4 Å². The lowest BCUT2D eigenvalue weighted by molar-refractivity contribution is -0.129. The molecule has 0 spiro atoms. The Labute approximate surface area is 130 Å². The number of carbonyl (C=O) groups is 2. The van der Waals surface area contributed by atoms with E-state index in [4.69, 9.17) is 10.5 Å². The fourth-order valence-electron chi connectivity index (χ4n) is 2.58. The van der Waals surface area contributed by atoms with Gasteiger partial charge >= 0.3 is 0 Å². The number of benzene rings is 1. The zero-order chi connectivity index (χ0) is 16.0. The Hall–Kier alpha value is -2.08. The molecule has 1 saturated carbocycles. The van der Waals surface area contributed by atoms with Crippen LogP contribution in [0, 0.1) is 0 Å². The molecule has 0 aliphatic heterocycles. The lowest BCUT2D eigenvalue weighted by Crippen LogP contribution is -2.53. The quantitative estimate of drug-likeness (QED) is 0.721. The zero-order valence-electron chi connectivity index (χ0n) is 12.9. The Kier molecular flexibility index (Phi) is 5.38. The number of hydrogen-bond donors (Lipinski definition) is 3. The summed E-state index contributed by atoms with van der Waals surface area (Å²) in [4.78, 5) is 23.8. The van der Waals surface area contributed by atoms with Crippen molar-refractivity contribution in [3.8, 4) is 5.75 Å². The molecular weight excluding hydrogens is 282 g/mol. The van der Waals surface area contributed by atoms with Crippen molar-refractivity contribution >= 4 is 11.8 Å². The van der Waals surface area contributed by atoms with E-state index >= 15 is 0 Å². The molecule has 6 heteroatoms. The largest absolute Gasteiger partial charge is 0.497 e. The average molecular weight is 305 g/mol. The molecule has 0 bridgehead atoms. The molecule has 120 valence electrons. The molecule has 1 aliphatic rings. The van der Waals surface area contributed by atoms with Crippen LogP contribution in [0.15, 0.2) is 24.3 Å². The van der Waals surface area contributed by atoms with Crippen LogP contribution in [0.4, 0.5) is 0 Å². The van der Waals surface area contributed by atoms with E-state index in [-0.39, 0.29) is 18.4 Å². The van der Waals surface area contributed by atoms with E-state index in [1.54, 1.807) is 7.11 Å². The fraction of sp³-hybridized carbons (Fsp3) is 0.500. The van der Waals surface area contributed by atoms with E-state index in [9.17, 15) is 9.59 Å². The summed E-state index contributed by atoms with van der Waals surface area (Å²) in [6.07, 6.45) is 3.31. The number of ether oxygens (including phenoxy) is 1. The van der Waals surface area contributed by atoms with E-state index in [2.05, 4.69) is 10.6 Å². The SMILES string of the molecule is COc1ccc(CNC(=O)CNC(=O)C2(N)CCCC2)cc1. The smallest absolute Gasteiger partial charge is 0.240 e. The van der Waals surface area contributed by atoms with Gasteiger partial charge in [0.05, 0.1) is 19.2 Å². The van der Waals surface area contributed by atoms with Crippen molar-refractivity contribution in [3.05, 3.63) is 29.8 Å². The van der Waals surface area contributed by atoms with Crippen LogP contribution in [0.1, 0.15) is 31.2 Å². The van der Waals surface area contributed by atoms with Crippen LogP contribution in [0.3, 0.4) is 0 Å². The minimum Gasteiger partial charge on any atom is -0.497 e. The standard InChI is InChI=1S/C16H23N3O3/c1-22-13-6-4-12(5-7-13)10-18-14(20)11-19-15(21)16(17)8-2-3-9-16/h4-7H,2-3,8-11,17H2,1H3,(H,18,20)(H,19,21). The maximum absolute atomic E-state index is 12.0. The molecule has 1 aliphatic carbocycles. The number of methoxy groups -OCH3 is 1. The van der Waals surface area contributed by atoms with Crippen LogP contribution in [-0.4, -0.2) is 31.0 Å². The molecule has 1 aromatic rings. The third kappa shape index (κ3) is 4.21. The summed E-state index contributed by atoms with van der Waals surface area (Å²) in [5, 5.41) is 5.38. The van der Waals surface area contributed by atoms with Crippen molar-refractivity contribution < 1.29 is 14.3 Å². The number of hydrogen-bond acceptors (Lipinski definition) is 4. The van der Waals surface area contributed by atoms with Crippen LogP contribution in [0.25, 0.3) is 0 Å². The van der Waals surface area contributed by atoms with Gasteiger partial charge in [-0.1, -0.05) is 25.0 Å². The van der Waals surface area contributed by atoms with Gasteiger partial charge in [-0.2, -0.15) is 0 Å². The zero-order valence-corrected chi connectivity index (χ0v) is 12.9. The van der Waals surface area contributed by atoms with Crippen molar-refractivity contribution in [2.24, 2.45) is 5.73 Å². The Balaban J connectivity index is 1.72. The molecule has 0 saturated heterocycles. The van der Waals surface area contributed by atoms with E-state index in [1.807, 2.05) is 24.3 Å². The lowest BCUT2D eigenvalue weighted by Gasteiger charge is -2.21. The van der Waals surface area contributed by atoms with Gasteiger partial charge in [-0.3, -0.25) is 9.59 Å². The second-order valence-electron chi connectivity index (χ2n) is 5.67. The molecule has 1 aromatic carbocycles. The predicted molar refractivity (Wildman–Crippen MR) is 83.2 cm³/mol. The highest BCUT2D eigenvalue weighted by molar-refractivity contribution is 5.90. The van der Waals surface area contributed by atoms with Crippen molar-refractivity contribution in [2.45, 2.75) is 37.8 Å². The Morgan fingerprint density at radius 3 is 2.41 bits per heavy atom. The van der Waals surface area contributed by atoms with Crippen molar-refractivity contribution in [3.63, 3.8) is 0 Å². The summed E-state index contributed by atoms with van der Waals surface area (Å²) in [6, 6.07) is 7.43. The molecule has 4 N–H and O–H groups in total. The topological polar surface area (TPSA) is 93.5 Å². The van der Waals surface area contributed by atoms with Gasteiger partial charge in [0.1, 0.15) is 5.75 Å². The van der Waals surface area contributed by atoms with Gasteiger partial charge in [-0.25, -0.2) is 0 Å². The third-order valence-corrected chi connectivity index (χ3v) is 4.01. The highest BCUT2D eigenvalue weighted by Crippen LogP contribution is 2.27. The normalized spacial score (nSPS) is 16.1. The molecule has 2 amide bonds. The van der Waals surface area contributed by atoms with Gasteiger partial charge in [0.25, 0.3) is 0 Å². The fourth-order valence-corrected chi connectivity index (χ4v) is 2.58.